The molecular weight excluding hydrogens is 897 g/mol. The van der Waals surface area contributed by atoms with Gasteiger partial charge >= 0.3 is 0 Å². The van der Waals surface area contributed by atoms with Gasteiger partial charge in [0.15, 0.2) is 0 Å². The van der Waals surface area contributed by atoms with E-state index in [0.29, 0.717) is 0 Å². The minimum Gasteiger partial charge on any atom is -0.344 e. The van der Waals surface area contributed by atoms with Crippen LogP contribution in [0, 0.1) is 0 Å². The lowest BCUT2D eigenvalue weighted by Gasteiger charge is -2.07. The summed E-state index contributed by atoms with van der Waals surface area (Å²) in [5.41, 5.74) is 15.4. The largest absolute Gasteiger partial charge is 0.344 e. The number of fused-ring (bicyclic) bond motifs is 12. The Kier molecular flexibility index (Phi) is 25.6. The molecule has 4 heterocycles. The van der Waals surface area contributed by atoms with E-state index in [4.69, 9.17) is 0 Å². The number of rotatable bonds is 4. The van der Waals surface area contributed by atoms with E-state index in [9.17, 15) is 0 Å². The lowest BCUT2D eigenvalue weighted by atomic mass is 10.0. The van der Waals surface area contributed by atoms with Gasteiger partial charge in [-0.2, -0.15) is 0 Å². The van der Waals surface area contributed by atoms with Crippen LogP contribution in [0.25, 0.3) is 109 Å². The van der Waals surface area contributed by atoms with Crippen LogP contribution in [0.5, 0.6) is 0 Å². The summed E-state index contributed by atoms with van der Waals surface area (Å²) in [6, 6.07) is 62.2. The quantitative estimate of drug-likeness (QED) is 0.167. The van der Waals surface area contributed by atoms with Crippen LogP contribution < -0.4 is 0 Å². The normalized spacial score (nSPS) is 10.0. The SMILES string of the molecule is CC.CC.CC.CC.CC.CC.CC.CC.CCn1c2ccccc2c2cc(-c3ccc4c(c3)c3ccccc3n4C)ccc21.CCn1c2ccccc2c2ccc(-c3ccc4c(c3)c3ccccc3n4C)cc21. The predicted octanol–water partition coefficient (Wildman–Crippen LogP) is 22.5. The lowest BCUT2D eigenvalue weighted by molar-refractivity contribution is 0.827. The zero-order chi connectivity index (χ0) is 55.1. The fourth-order valence-electron chi connectivity index (χ4n) is 9.84. The first-order valence-electron chi connectivity index (χ1n) is 28.5. The summed E-state index contributed by atoms with van der Waals surface area (Å²) >= 11 is 0. The third kappa shape index (κ3) is 12.0. The maximum atomic E-state index is 2.42. The summed E-state index contributed by atoms with van der Waals surface area (Å²) in [5, 5.41) is 10.6. The number of para-hydroxylation sites is 4. The van der Waals surface area contributed by atoms with Crippen LogP contribution in [0.4, 0.5) is 0 Å². The van der Waals surface area contributed by atoms with E-state index in [-0.39, 0.29) is 0 Å². The number of benzene rings is 8. The van der Waals surface area contributed by atoms with Gasteiger partial charge in [0, 0.05) is 114 Å². The van der Waals surface area contributed by atoms with Gasteiger partial charge in [-0.15, -0.1) is 0 Å². The van der Waals surface area contributed by atoms with Crippen LogP contribution in [-0.4, -0.2) is 18.3 Å². The van der Waals surface area contributed by atoms with E-state index in [2.05, 4.69) is 216 Å². The molecule has 4 aromatic heterocycles. The van der Waals surface area contributed by atoms with E-state index in [1.165, 1.54) is 109 Å². The van der Waals surface area contributed by atoms with Gasteiger partial charge in [-0.25, -0.2) is 0 Å². The summed E-state index contributed by atoms with van der Waals surface area (Å²) in [5.74, 6) is 0. The van der Waals surface area contributed by atoms with Gasteiger partial charge in [-0.3, -0.25) is 0 Å². The van der Waals surface area contributed by atoms with Crippen molar-refractivity contribution in [3.8, 4) is 22.3 Å². The van der Waals surface area contributed by atoms with Gasteiger partial charge in [0.25, 0.3) is 0 Å². The number of aryl methyl sites for hydroxylation is 4. The summed E-state index contributed by atoms with van der Waals surface area (Å²) < 4.78 is 9.39. The van der Waals surface area contributed by atoms with Crippen LogP contribution in [0.1, 0.15) is 125 Å². The molecule has 0 aliphatic carbocycles. The lowest BCUT2D eigenvalue weighted by Crippen LogP contribution is -1.93. The molecule has 74 heavy (non-hydrogen) atoms. The minimum absolute atomic E-state index is 0.968. The van der Waals surface area contributed by atoms with Crippen molar-refractivity contribution in [2.75, 3.05) is 0 Å². The van der Waals surface area contributed by atoms with Crippen molar-refractivity contribution < 1.29 is 0 Å². The molecule has 0 amide bonds. The van der Waals surface area contributed by atoms with Crippen molar-refractivity contribution in [3.05, 3.63) is 170 Å². The number of aromatic nitrogens is 4. The molecular formula is C70H92N4. The highest BCUT2D eigenvalue weighted by molar-refractivity contribution is 6.13. The van der Waals surface area contributed by atoms with Crippen LogP contribution >= 0.6 is 0 Å². The van der Waals surface area contributed by atoms with Crippen LogP contribution in [0.2, 0.25) is 0 Å². The molecule has 0 unspecified atom stereocenters. The van der Waals surface area contributed by atoms with Crippen molar-refractivity contribution in [2.45, 2.75) is 138 Å². The molecule has 0 saturated carbocycles. The van der Waals surface area contributed by atoms with E-state index in [1.807, 2.05) is 111 Å². The zero-order valence-corrected chi connectivity index (χ0v) is 49.4. The summed E-state index contributed by atoms with van der Waals surface area (Å²) in [4.78, 5) is 0. The molecule has 0 radical (unpaired) electrons. The fraction of sp³-hybridized carbons (Fsp3) is 0.314. The van der Waals surface area contributed by atoms with Crippen molar-refractivity contribution in [3.63, 3.8) is 0 Å². The second kappa shape index (κ2) is 30.9. The molecule has 392 valence electrons. The smallest absolute Gasteiger partial charge is 0.0497 e. The standard InChI is InChI=1S/2C27H22N2.8C2H6/c1-3-29-26-11-7-5-8-20(26)22-14-12-19(17-27(22)29)18-13-15-25-23(16-18)21-9-4-6-10-24(21)28(25)2;1-3-29-26-11-7-5-9-21(26)23-17-19(13-15-27(23)29)18-12-14-25-22(16-18)20-8-4-6-10-24(20)28(25)2;8*1-2/h2*4-17H,3H2,1-2H3;8*1-2H3. The molecule has 0 spiro atoms. The topological polar surface area (TPSA) is 19.7 Å². The Balaban J connectivity index is 0.000000308. The van der Waals surface area contributed by atoms with Gasteiger partial charge in [-0.1, -0.05) is 214 Å². The van der Waals surface area contributed by atoms with Crippen molar-refractivity contribution >= 4 is 87.2 Å². The van der Waals surface area contributed by atoms with Crippen molar-refractivity contribution in [1.82, 2.24) is 18.3 Å². The molecule has 0 N–H and O–H groups in total. The first-order chi connectivity index (χ1) is 36.5. The van der Waals surface area contributed by atoms with E-state index in [0.717, 1.165) is 13.1 Å². The Morgan fingerprint density at radius 1 is 0.230 bits per heavy atom. The highest BCUT2D eigenvalue weighted by Crippen LogP contribution is 2.38. The molecule has 4 heteroatoms. The molecule has 0 bridgehead atoms. The monoisotopic (exact) mass is 989 g/mol. The van der Waals surface area contributed by atoms with E-state index in [1.54, 1.807) is 0 Å². The molecule has 0 atom stereocenters. The summed E-state index contributed by atoms with van der Waals surface area (Å²) in [6.07, 6.45) is 0. The molecule has 0 aliphatic rings. The van der Waals surface area contributed by atoms with Gasteiger partial charge in [0.05, 0.1) is 0 Å². The first-order valence-corrected chi connectivity index (χ1v) is 28.5. The second-order valence-electron chi connectivity index (χ2n) is 15.6. The average molecular weight is 990 g/mol. The first kappa shape index (κ1) is 61.3. The molecule has 4 nitrogen and oxygen atoms in total. The van der Waals surface area contributed by atoms with Gasteiger partial charge < -0.3 is 18.3 Å². The van der Waals surface area contributed by atoms with Crippen LogP contribution in [0.3, 0.4) is 0 Å². The van der Waals surface area contributed by atoms with Crippen LogP contribution in [-0.2, 0) is 27.2 Å². The Bertz CT molecular complexity index is 3560. The molecule has 12 aromatic rings. The summed E-state index contributed by atoms with van der Waals surface area (Å²) in [7, 11) is 4.30. The van der Waals surface area contributed by atoms with Gasteiger partial charge in [-0.05, 0) is 103 Å². The van der Waals surface area contributed by atoms with E-state index < -0.39 is 0 Å². The van der Waals surface area contributed by atoms with Crippen LogP contribution in [0.15, 0.2) is 170 Å². The molecule has 12 rings (SSSR count). The highest BCUT2D eigenvalue weighted by atomic mass is 15.0. The highest BCUT2D eigenvalue weighted by Gasteiger charge is 2.15. The third-order valence-corrected chi connectivity index (χ3v) is 12.7. The zero-order valence-electron chi connectivity index (χ0n) is 49.4. The molecule has 0 aliphatic heterocycles. The third-order valence-electron chi connectivity index (χ3n) is 12.7. The number of nitrogens with zero attached hydrogens (tertiary/aromatic N) is 4. The maximum Gasteiger partial charge on any atom is 0.0497 e. The van der Waals surface area contributed by atoms with E-state index >= 15 is 0 Å². The van der Waals surface area contributed by atoms with Gasteiger partial charge in [0.1, 0.15) is 0 Å². The van der Waals surface area contributed by atoms with Crippen molar-refractivity contribution in [1.29, 1.82) is 0 Å². The minimum atomic E-state index is 0.968. The van der Waals surface area contributed by atoms with Crippen molar-refractivity contribution in [2.24, 2.45) is 14.1 Å². The average Bonchev–Trinajstić information content (AvgIpc) is 4.20. The Hall–Kier alpha value is -7.04. The Morgan fingerprint density at radius 3 is 0.838 bits per heavy atom. The Labute approximate surface area is 447 Å². The maximum absolute atomic E-state index is 2.42. The molecule has 0 saturated heterocycles. The fourth-order valence-corrected chi connectivity index (χ4v) is 9.84. The number of hydrogen-bond acceptors (Lipinski definition) is 0. The predicted molar refractivity (Wildman–Crippen MR) is 340 cm³/mol. The Morgan fingerprint density at radius 2 is 0.459 bits per heavy atom. The number of hydrogen-bond donors (Lipinski definition) is 0. The summed E-state index contributed by atoms with van der Waals surface area (Å²) in [6.45, 7) is 38.4. The van der Waals surface area contributed by atoms with Gasteiger partial charge in [0.2, 0.25) is 0 Å². The second-order valence-corrected chi connectivity index (χ2v) is 15.6. The molecule has 0 fully saturated rings. The molecule has 8 aromatic carbocycles.